The third-order valence-corrected chi connectivity index (χ3v) is 1.84. The molecule has 8 heteroatoms. The lowest BCUT2D eigenvalue weighted by atomic mass is 10.1. The highest BCUT2D eigenvalue weighted by Gasteiger charge is 2.31. The van der Waals surface area contributed by atoms with Gasteiger partial charge >= 0.3 is 11.9 Å². The van der Waals surface area contributed by atoms with Crippen LogP contribution in [-0.4, -0.2) is 49.6 Å². The molecule has 0 aliphatic heterocycles. The van der Waals surface area contributed by atoms with Crippen molar-refractivity contribution in [2.24, 2.45) is 0 Å². The third-order valence-electron chi connectivity index (χ3n) is 1.84. The van der Waals surface area contributed by atoms with Crippen LogP contribution in [0.4, 0.5) is 0 Å². The first-order valence-electron chi connectivity index (χ1n) is 4.30. The van der Waals surface area contributed by atoms with Gasteiger partial charge in [-0.1, -0.05) is 0 Å². The SMILES string of the molecule is COC(=O)c1ncn(CC(C)(O)C(=O)O)n1. The number of esters is 1. The van der Waals surface area contributed by atoms with Crippen LogP contribution in [0.2, 0.25) is 0 Å². The number of ether oxygens (including phenoxy) is 1. The lowest BCUT2D eigenvalue weighted by Gasteiger charge is -2.16. The molecule has 16 heavy (non-hydrogen) atoms. The van der Waals surface area contributed by atoms with Gasteiger partial charge in [-0.2, -0.15) is 0 Å². The molecule has 0 aliphatic carbocycles. The zero-order chi connectivity index (χ0) is 12.3. The Bertz CT molecular complexity index is 412. The summed E-state index contributed by atoms with van der Waals surface area (Å²) in [6, 6.07) is 0. The van der Waals surface area contributed by atoms with Crippen molar-refractivity contribution in [3.63, 3.8) is 0 Å². The number of aliphatic hydroxyl groups is 1. The quantitative estimate of drug-likeness (QED) is 0.629. The number of aliphatic carboxylic acids is 1. The van der Waals surface area contributed by atoms with Gasteiger partial charge in [-0.25, -0.2) is 19.3 Å². The molecular weight excluding hydrogens is 218 g/mol. The third kappa shape index (κ3) is 2.54. The first-order valence-corrected chi connectivity index (χ1v) is 4.30. The van der Waals surface area contributed by atoms with Crippen molar-refractivity contribution < 1.29 is 24.5 Å². The maximum absolute atomic E-state index is 11.0. The van der Waals surface area contributed by atoms with Crippen LogP contribution < -0.4 is 0 Å². The fraction of sp³-hybridized carbons (Fsp3) is 0.500. The molecule has 0 amide bonds. The number of methoxy groups -OCH3 is 1. The molecule has 0 radical (unpaired) electrons. The van der Waals surface area contributed by atoms with E-state index in [4.69, 9.17) is 5.11 Å². The van der Waals surface area contributed by atoms with Gasteiger partial charge in [0.25, 0.3) is 5.82 Å². The maximum atomic E-state index is 11.0. The molecule has 0 spiro atoms. The number of carboxylic acids is 1. The maximum Gasteiger partial charge on any atom is 0.377 e. The van der Waals surface area contributed by atoms with E-state index in [1.165, 1.54) is 7.11 Å². The van der Waals surface area contributed by atoms with E-state index >= 15 is 0 Å². The van der Waals surface area contributed by atoms with Gasteiger partial charge in [-0.3, -0.25) is 0 Å². The Morgan fingerprint density at radius 2 is 2.25 bits per heavy atom. The number of nitrogens with zero attached hydrogens (tertiary/aromatic N) is 3. The summed E-state index contributed by atoms with van der Waals surface area (Å²) in [6.45, 7) is 0.807. The van der Waals surface area contributed by atoms with Crippen molar-refractivity contribution >= 4 is 11.9 Å². The first-order chi connectivity index (χ1) is 7.36. The van der Waals surface area contributed by atoms with Crippen LogP contribution in [-0.2, 0) is 16.1 Å². The Morgan fingerprint density at radius 1 is 1.62 bits per heavy atom. The molecule has 1 rings (SSSR count). The van der Waals surface area contributed by atoms with Crippen LogP contribution in [0.25, 0.3) is 0 Å². The molecule has 1 unspecified atom stereocenters. The van der Waals surface area contributed by atoms with E-state index in [0.717, 1.165) is 17.9 Å². The Balaban J connectivity index is 2.80. The predicted molar refractivity (Wildman–Crippen MR) is 49.6 cm³/mol. The van der Waals surface area contributed by atoms with E-state index in [2.05, 4.69) is 14.8 Å². The summed E-state index contributed by atoms with van der Waals surface area (Å²) in [6.07, 6.45) is 1.14. The van der Waals surface area contributed by atoms with Crippen molar-refractivity contribution in [3.05, 3.63) is 12.2 Å². The predicted octanol–water partition coefficient (Wildman–Crippen LogP) is -1.10. The second kappa shape index (κ2) is 4.27. The average Bonchev–Trinajstić information content (AvgIpc) is 2.64. The molecule has 0 fully saturated rings. The summed E-state index contributed by atoms with van der Waals surface area (Å²) in [7, 11) is 1.18. The van der Waals surface area contributed by atoms with Gasteiger partial charge in [-0.15, -0.1) is 5.10 Å². The van der Waals surface area contributed by atoms with Gasteiger partial charge < -0.3 is 14.9 Å². The summed E-state index contributed by atoms with van der Waals surface area (Å²) in [5.41, 5.74) is -1.97. The summed E-state index contributed by atoms with van der Waals surface area (Å²) in [5.74, 6) is -2.31. The van der Waals surface area contributed by atoms with Gasteiger partial charge in [0.1, 0.15) is 6.33 Å². The Labute approximate surface area is 90.5 Å². The minimum absolute atomic E-state index is 0.191. The Hall–Kier alpha value is -1.96. The number of aromatic nitrogens is 3. The van der Waals surface area contributed by atoms with Crippen LogP contribution in [0, 0.1) is 0 Å². The van der Waals surface area contributed by atoms with Crippen molar-refractivity contribution in [2.45, 2.75) is 19.1 Å². The van der Waals surface area contributed by atoms with Crippen LogP contribution >= 0.6 is 0 Å². The second-order valence-corrected chi connectivity index (χ2v) is 3.34. The molecular formula is C8H11N3O5. The van der Waals surface area contributed by atoms with Crippen molar-refractivity contribution in [2.75, 3.05) is 7.11 Å². The number of hydrogen-bond donors (Lipinski definition) is 2. The van der Waals surface area contributed by atoms with Gasteiger partial charge in [0.05, 0.1) is 13.7 Å². The summed E-state index contributed by atoms with van der Waals surface area (Å²) in [5, 5.41) is 21.8. The highest BCUT2D eigenvalue weighted by atomic mass is 16.5. The highest BCUT2D eigenvalue weighted by Crippen LogP contribution is 2.06. The number of carbonyl (C=O) groups is 2. The lowest BCUT2D eigenvalue weighted by Crippen LogP contribution is -2.39. The number of hydrogen-bond acceptors (Lipinski definition) is 6. The van der Waals surface area contributed by atoms with Crippen LogP contribution in [0.3, 0.4) is 0 Å². The largest absolute Gasteiger partial charge is 0.479 e. The van der Waals surface area contributed by atoms with E-state index in [0.29, 0.717) is 0 Å². The van der Waals surface area contributed by atoms with E-state index < -0.39 is 17.5 Å². The topological polar surface area (TPSA) is 115 Å². The molecule has 88 valence electrons. The molecule has 2 N–H and O–H groups in total. The summed E-state index contributed by atoms with van der Waals surface area (Å²) in [4.78, 5) is 25.2. The zero-order valence-electron chi connectivity index (χ0n) is 8.75. The average molecular weight is 229 g/mol. The van der Waals surface area contributed by atoms with Gasteiger partial charge in [-0.05, 0) is 6.92 Å². The Kier molecular flexibility index (Phi) is 3.23. The zero-order valence-corrected chi connectivity index (χ0v) is 8.75. The molecule has 0 saturated carbocycles. The minimum atomic E-state index is -1.97. The van der Waals surface area contributed by atoms with Gasteiger partial charge in [0.15, 0.2) is 5.60 Å². The van der Waals surface area contributed by atoms with Crippen LogP contribution in [0.1, 0.15) is 17.5 Å². The standard InChI is InChI=1S/C8H11N3O5/c1-8(15,7(13)14)3-11-4-9-5(10-11)6(12)16-2/h4,15H,3H2,1-2H3,(H,13,14). The second-order valence-electron chi connectivity index (χ2n) is 3.34. The highest BCUT2D eigenvalue weighted by molar-refractivity contribution is 5.84. The fourth-order valence-electron chi connectivity index (χ4n) is 0.939. The van der Waals surface area contributed by atoms with E-state index in [9.17, 15) is 14.7 Å². The lowest BCUT2D eigenvalue weighted by molar-refractivity contribution is -0.158. The van der Waals surface area contributed by atoms with E-state index in [-0.39, 0.29) is 12.4 Å². The van der Waals surface area contributed by atoms with Crippen molar-refractivity contribution in [1.82, 2.24) is 14.8 Å². The molecule has 8 nitrogen and oxygen atoms in total. The number of rotatable bonds is 4. The molecule has 0 aliphatic rings. The molecule has 1 aromatic heterocycles. The molecule has 0 bridgehead atoms. The smallest absolute Gasteiger partial charge is 0.377 e. The summed E-state index contributed by atoms with van der Waals surface area (Å²) < 4.78 is 5.43. The normalized spacial score (nSPS) is 14.2. The summed E-state index contributed by atoms with van der Waals surface area (Å²) >= 11 is 0. The first kappa shape index (κ1) is 12.1. The molecule has 0 saturated heterocycles. The van der Waals surface area contributed by atoms with Gasteiger partial charge in [0, 0.05) is 0 Å². The molecule has 0 aromatic carbocycles. The Morgan fingerprint density at radius 3 is 2.75 bits per heavy atom. The van der Waals surface area contributed by atoms with Crippen molar-refractivity contribution in [1.29, 1.82) is 0 Å². The molecule has 1 atom stereocenters. The number of carbonyl (C=O) groups excluding carboxylic acids is 1. The van der Waals surface area contributed by atoms with Gasteiger partial charge in [0.2, 0.25) is 0 Å². The van der Waals surface area contributed by atoms with Crippen LogP contribution in [0.15, 0.2) is 6.33 Å². The monoisotopic (exact) mass is 229 g/mol. The minimum Gasteiger partial charge on any atom is -0.479 e. The van der Waals surface area contributed by atoms with Crippen molar-refractivity contribution in [3.8, 4) is 0 Å². The van der Waals surface area contributed by atoms with E-state index in [1.54, 1.807) is 0 Å². The van der Waals surface area contributed by atoms with Crippen LogP contribution in [0.5, 0.6) is 0 Å². The number of carboxylic acid groups (broad SMARTS) is 1. The molecule has 1 heterocycles. The fourth-order valence-corrected chi connectivity index (χ4v) is 0.939. The molecule has 1 aromatic rings. The van der Waals surface area contributed by atoms with E-state index in [1.807, 2.05) is 0 Å².